The molecule has 0 unspecified atom stereocenters. The number of anilines is 1. The van der Waals surface area contributed by atoms with Crippen molar-refractivity contribution in [2.24, 2.45) is 11.8 Å². The van der Waals surface area contributed by atoms with E-state index in [-0.39, 0.29) is 5.91 Å². The van der Waals surface area contributed by atoms with Gasteiger partial charge in [-0.05, 0) is 25.0 Å². The van der Waals surface area contributed by atoms with Crippen molar-refractivity contribution in [3.05, 3.63) is 24.3 Å². The number of ether oxygens (including phenoxy) is 1. The molecular formula is C16H19NO6. The Bertz CT molecular complexity index is 600. The Hall–Kier alpha value is -2.57. The molecule has 0 radical (unpaired) electrons. The first kappa shape index (κ1) is 16.8. The fourth-order valence-corrected chi connectivity index (χ4v) is 2.78. The van der Waals surface area contributed by atoms with E-state index in [0.29, 0.717) is 24.3 Å². The smallest absolute Gasteiger partial charge is 0.341 e. The van der Waals surface area contributed by atoms with E-state index in [0.717, 1.165) is 12.8 Å². The number of carboxylic acids is 2. The Labute approximate surface area is 133 Å². The zero-order chi connectivity index (χ0) is 16.8. The van der Waals surface area contributed by atoms with Crippen molar-refractivity contribution in [3.8, 4) is 5.75 Å². The van der Waals surface area contributed by atoms with Crippen LogP contribution in [0, 0.1) is 11.8 Å². The predicted octanol–water partition coefficient (Wildman–Crippen LogP) is 1.98. The molecule has 7 heteroatoms. The maximum atomic E-state index is 12.4. The Morgan fingerprint density at radius 1 is 1.13 bits per heavy atom. The highest BCUT2D eigenvalue weighted by Crippen LogP contribution is 2.31. The molecule has 2 atom stereocenters. The van der Waals surface area contributed by atoms with Gasteiger partial charge in [-0.1, -0.05) is 18.9 Å². The van der Waals surface area contributed by atoms with Gasteiger partial charge < -0.3 is 20.3 Å². The molecule has 1 aromatic rings. The second kappa shape index (κ2) is 7.62. The van der Waals surface area contributed by atoms with Gasteiger partial charge in [0, 0.05) is 11.8 Å². The van der Waals surface area contributed by atoms with Crippen LogP contribution in [0.3, 0.4) is 0 Å². The third-order valence-electron chi connectivity index (χ3n) is 3.88. The quantitative estimate of drug-likeness (QED) is 0.738. The highest BCUT2D eigenvalue weighted by atomic mass is 16.5. The van der Waals surface area contributed by atoms with Gasteiger partial charge >= 0.3 is 11.9 Å². The lowest BCUT2D eigenvalue weighted by Gasteiger charge is -2.27. The molecule has 0 heterocycles. The summed E-state index contributed by atoms with van der Waals surface area (Å²) in [5, 5.41) is 20.5. The molecule has 7 nitrogen and oxygen atoms in total. The maximum Gasteiger partial charge on any atom is 0.341 e. The van der Waals surface area contributed by atoms with Crippen LogP contribution in [0.5, 0.6) is 5.75 Å². The molecule has 0 aliphatic heterocycles. The molecule has 1 fully saturated rings. The van der Waals surface area contributed by atoms with Gasteiger partial charge in [-0.15, -0.1) is 0 Å². The van der Waals surface area contributed by atoms with Gasteiger partial charge in [0.15, 0.2) is 6.61 Å². The van der Waals surface area contributed by atoms with E-state index < -0.39 is 30.4 Å². The second-order valence-corrected chi connectivity index (χ2v) is 5.54. The van der Waals surface area contributed by atoms with Crippen LogP contribution in [-0.2, 0) is 14.4 Å². The van der Waals surface area contributed by atoms with Gasteiger partial charge in [0.2, 0.25) is 5.91 Å². The van der Waals surface area contributed by atoms with Crippen LogP contribution in [0.2, 0.25) is 0 Å². The highest BCUT2D eigenvalue weighted by Gasteiger charge is 2.35. The van der Waals surface area contributed by atoms with E-state index in [4.69, 9.17) is 9.84 Å². The van der Waals surface area contributed by atoms with Gasteiger partial charge in [0.05, 0.1) is 11.8 Å². The van der Waals surface area contributed by atoms with Crippen LogP contribution in [0.1, 0.15) is 25.7 Å². The van der Waals surface area contributed by atoms with E-state index >= 15 is 0 Å². The standard InChI is InChI=1S/C16H19NO6/c18-14(19)9-23-11-5-3-4-10(8-11)17-15(20)12-6-1-2-7-13(12)16(21)22/h3-5,8,12-13H,1-2,6-7,9H2,(H,17,20)(H,18,19)(H,21,22)/t12-,13+/m1/s1. The molecule has 0 spiro atoms. The van der Waals surface area contributed by atoms with Crippen molar-refractivity contribution in [2.45, 2.75) is 25.7 Å². The number of amides is 1. The van der Waals surface area contributed by atoms with Crippen LogP contribution in [0.25, 0.3) is 0 Å². The fourth-order valence-electron chi connectivity index (χ4n) is 2.78. The first-order valence-electron chi connectivity index (χ1n) is 7.45. The topological polar surface area (TPSA) is 113 Å². The SMILES string of the molecule is O=C(O)COc1cccc(NC(=O)[C@@H]2CCCC[C@@H]2C(=O)O)c1. The molecule has 1 aromatic carbocycles. The van der Waals surface area contributed by atoms with Gasteiger partial charge in [-0.25, -0.2) is 4.79 Å². The first-order valence-corrected chi connectivity index (χ1v) is 7.45. The average Bonchev–Trinajstić information content (AvgIpc) is 2.53. The summed E-state index contributed by atoms with van der Waals surface area (Å²) in [6.07, 6.45) is 2.72. The second-order valence-electron chi connectivity index (χ2n) is 5.54. The monoisotopic (exact) mass is 321 g/mol. The number of hydrogen-bond donors (Lipinski definition) is 3. The summed E-state index contributed by atoms with van der Waals surface area (Å²) in [6.45, 7) is -0.471. The number of nitrogens with one attached hydrogen (secondary N) is 1. The molecule has 1 aliphatic carbocycles. The minimum atomic E-state index is -1.09. The molecule has 2 rings (SSSR count). The number of hydrogen-bond acceptors (Lipinski definition) is 4. The van der Waals surface area contributed by atoms with E-state index in [9.17, 15) is 19.5 Å². The molecule has 1 saturated carbocycles. The molecule has 0 saturated heterocycles. The summed E-state index contributed by atoms with van der Waals surface area (Å²) >= 11 is 0. The van der Waals surface area contributed by atoms with Crippen molar-refractivity contribution in [3.63, 3.8) is 0 Å². The molecule has 124 valence electrons. The van der Waals surface area contributed by atoms with Crippen LogP contribution < -0.4 is 10.1 Å². The third-order valence-corrected chi connectivity index (χ3v) is 3.88. The maximum absolute atomic E-state index is 12.4. The Morgan fingerprint density at radius 2 is 1.83 bits per heavy atom. The Kier molecular flexibility index (Phi) is 5.56. The molecule has 3 N–H and O–H groups in total. The lowest BCUT2D eigenvalue weighted by atomic mass is 9.78. The normalized spacial score (nSPS) is 20.5. The number of aliphatic carboxylic acids is 2. The summed E-state index contributed by atoms with van der Waals surface area (Å²) < 4.78 is 5.05. The van der Waals surface area contributed by atoms with Crippen LogP contribution >= 0.6 is 0 Å². The largest absolute Gasteiger partial charge is 0.482 e. The zero-order valence-corrected chi connectivity index (χ0v) is 12.5. The van der Waals surface area contributed by atoms with E-state index in [1.807, 2.05) is 0 Å². The molecule has 1 amide bonds. The van der Waals surface area contributed by atoms with Crippen LogP contribution in [0.15, 0.2) is 24.3 Å². The van der Waals surface area contributed by atoms with Crippen LogP contribution in [-0.4, -0.2) is 34.7 Å². The summed E-state index contributed by atoms with van der Waals surface area (Å²) in [5.41, 5.74) is 0.451. The predicted molar refractivity (Wildman–Crippen MR) is 81.3 cm³/mol. The minimum Gasteiger partial charge on any atom is -0.482 e. The Balaban J connectivity index is 2.02. The zero-order valence-electron chi connectivity index (χ0n) is 12.5. The van der Waals surface area contributed by atoms with Gasteiger partial charge in [-0.3, -0.25) is 9.59 Å². The third kappa shape index (κ3) is 4.70. The summed E-state index contributed by atoms with van der Waals surface area (Å²) in [5.74, 6) is -3.24. The summed E-state index contributed by atoms with van der Waals surface area (Å²) in [7, 11) is 0. The van der Waals surface area contributed by atoms with Crippen LogP contribution in [0.4, 0.5) is 5.69 Å². The number of rotatable bonds is 6. The number of benzene rings is 1. The molecule has 0 aromatic heterocycles. The lowest BCUT2D eigenvalue weighted by molar-refractivity contribution is -0.147. The summed E-state index contributed by atoms with van der Waals surface area (Å²) in [4.78, 5) is 34.1. The Morgan fingerprint density at radius 3 is 2.48 bits per heavy atom. The van der Waals surface area contributed by atoms with Gasteiger partial charge in [0.25, 0.3) is 0 Å². The molecular weight excluding hydrogens is 302 g/mol. The highest BCUT2D eigenvalue weighted by molar-refractivity contribution is 5.95. The lowest BCUT2D eigenvalue weighted by Crippen LogP contribution is -2.36. The molecule has 1 aliphatic rings. The number of carbonyl (C=O) groups is 3. The number of carbonyl (C=O) groups excluding carboxylic acids is 1. The van der Waals surface area contributed by atoms with E-state index in [1.54, 1.807) is 18.2 Å². The molecule has 0 bridgehead atoms. The van der Waals surface area contributed by atoms with Crippen molar-refractivity contribution >= 4 is 23.5 Å². The first-order chi connectivity index (χ1) is 11.0. The van der Waals surface area contributed by atoms with Crippen molar-refractivity contribution < 1.29 is 29.3 Å². The van der Waals surface area contributed by atoms with Gasteiger partial charge in [0.1, 0.15) is 5.75 Å². The molecule has 23 heavy (non-hydrogen) atoms. The van der Waals surface area contributed by atoms with Gasteiger partial charge in [-0.2, -0.15) is 0 Å². The van der Waals surface area contributed by atoms with E-state index in [1.165, 1.54) is 6.07 Å². The fraction of sp³-hybridized carbons (Fsp3) is 0.438. The van der Waals surface area contributed by atoms with Crippen molar-refractivity contribution in [1.82, 2.24) is 0 Å². The van der Waals surface area contributed by atoms with E-state index in [2.05, 4.69) is 5.32 Å². The average molecular weight is 321 g/mol. The summed E-state index contributed by atoms with van der Waals surface area (Å²) in [6, 6.07) is 6.37. The number of carboxylic acid groups (broad SMARTS) is 2. The minimum absolute atomic E-state index is 0.323. The van der Waals surface area contributed by atoms with Crippen molar-refractivity contribution in [1.29, 1.82) is 0 Å². The van der Waals surface area contributed by atoms with Crippen molar-refractivity contribution in [2.75, 3.05) is 11.9 Å².